The number of alkyl halides is 1. The van der Waals surface area contributed by atoms with E-state index in [0.717, 1.165) is 32.3 Å². The predicted molar refractivity (Wildman–Crippen MR) is 67.9 cm³/mol. The van der Waals surface area contributed by atoms with E-state index in [4.69, 9.17) is 9.47 Å². The number of rotatable bonds is 7. The van der Waals surface area contributed by atoms with Gasteiger partial charge in [-0.05, 0) is 26.2 Å². The van der Waals surface area contributed by atoms with Crippen molar-refractivity contribution in [2.24, 2.45) is 0 Å². The fourth-order valence-electron chi connectivity index (χ4n) is 2.06. The molecule has 17 heavy (non-hydrogen) atoms. The molecule has 1 rings (SSSR count). The van der Waals surface area contributed by atoms with Crippen LogP contribution in [0.1, 0.15) is 46.0 Å². The smallest absolute Gasteiger partial charge is 0.129 e. The third kappa shape index (κ3) is 5.64. The minimum Gasteiger partial charge on any atom is -0.378 e. The molecule has 0 radical (unpaired) electrons. The summed E-state index contributed by atoms with van der Waals surface area (Å²) in [4.78, 5) is 0. The van der Waals surface area contributed by atoms with Crippen LogP contribution in [0.2, 0.25) is 0 Å². The number of ether oxygens (including phenoxy) is 2. The van der Waals surface area contributed by atoms with E-state index in [9.17, 15) is 4.39 Å². The Morgan fingerprint density at radius 1 is 1.29 bits per heavy atom. The van der Waals surface area contributed by atoms with Crippen LogP contribution in [0.3, 0.4) is 0 Å². The lowest BCUT2D eigenvalue weighted by Crippen LogP contribution is -2.36. The third-order valence-corrected chi connectivity index (χ3v) is 3.16. The molecule has 0 spiro atoms. The molecule has 3 atom stereocenters. The largest absolute Gasteiger partial charge is 0.378 e. The number of hydrogen-bond acceptors (Lipinski definition) is 2. The molecule has 1 fully saturated rings. The highest BCUT2D eigenvalue weighted by Gasteiger charge is 2.31. The highest BCUT2D eigenvalue weighted by molar-refractivity contribution is 4.83. The highest BCUT2D eigenvalue weighted by Crippen LogP contribution is 2.26. The summed E-state index contributed by atoms with van der Waals surface area (Å²) < 4.78 is 25.0. The fourth-order valence-corrected chi connectivity index (χ4v) is 2.06. The van der Waals surface area contributed by atoms with Crippen molar-refractivity contribution in [3.05, 3.63) is 12.2 Å². The zero-order chi connectivity index (χ0) is 12.5. The molecular weight excluding hydrogens is 219 g/mol. The first-order valence-electron chi connectivity index (χ1n) is 6.76. The lowest BCUT2D eigenvalue weighted by Gasteiger charge is -2.31. The number of halogens is 1. The van der Waals surface area contributed by atoms with Crippen molar-refractivity contribution in [3.8, 4) is 0 Å². The van der Waals surface area contributed by atoms with Crippen molar-refractivity contribution in [2.45, 2.75) is 64.3 Å². The van der Waals surface area contributed by atoms with Crippen LogP contribution in [-0.4, -0.2) is 31.6 Å². The normalized spacial score (nSPS) is 29.9. The van der Waals surface area contributed by atoms with Gasteiger partial charge in [0.1, 0.15) is 6.17 Å². The molecule has 0 bridgehead atoms. The summed E-state index contributed by atoms with van der Waals surface area (Å²) >= 11 is 0. The van der Waals surface area contributed by atoms with Crippen LogP contribution in [0.25, 0.3) is 0 Å². The molecule has 100 valence electrons. The Morgan fingerprint density at radius 2 is 2.12 bits per heavy atom. The standard InChI is InChI=1S/C14H25FO2/c1-3-5-9-16-12-7-8-14(13(15)11-12)17-10-6-4-2/h4,6,12-14H,3,5,7-11H2,1-2H3. The quantitative estimate of drug-likeness (QED) is 0.502. The third-order valence-electron chi connectivity index (χ3n) is 3.16. The Kier molecular flexibility index (Phi) is 7.45. The average Bonchev–Trinajstić information content (AvgIpc) is 2.32. The zero-order valence-electron chi connectivity index (χ0n) is 11.0. The van der Waals surface area contributed by atoms with E-state index in [1.165, 1.54) is 0 Å². The second-order valence-corrected chi connectivity index (χ2v) is 4.62. The van der Waals surface area contributed by atoms with Crippen molar-refractivity contribution in [1.29, 1.82) is 0 Å². The molecule has 0 aromatic rings. The number of allylic oxidation sites excluding steroid dienone is 1. The maximum Gasteiger partial charge on any atom is 0.129 e. The molecule has 3 heteroatoms. The second kappa shape index (κ2) is 8.65. The van der Waals surface area contributed by atoms with E-state index in [1.54, 1.807) is 0 Å². The first-order chi connectivity index (χ1) is 8.27. The Morgan fingerprint density at radius 3 is 2.76 bits per heavy atom. The molecular formula is C14H25FO2. The van der Waals surface area contributed by atoms with Crippen LogP contribution in [-0.2, 0) is 9.47 Å². The fraction of sp³-hybridized carbons (Fsp3) is 0.857. The topological polar surface area (TPSA) is 18.5 Å². The Balaban J connectivity index is 2.19. The second-order valence-electron chi connectivity index (χ2n) is 4.62. The van der Waals surface area contributed by atoms with Gasteiger partial charge in [0, 0.05) is 13.0 Å². The van der Waals surface area contributed by atoms with Crippen LogP contribution in [0, 0.1) is 0 Å². The van der Waals surface area contributed by atoms with Crippen LogP contribution < -0.4 is 0 Å². The van der Waals surface area contributed by atoms with Crippen LogP contribution in [0.4, 0.5) is 4.39 Å². The van der Waals surface area contributed by atoms with E-state index in [-0.39, 0.29) is 12.2 Å². The van der Waals surface area contributed by atoms with E-state index in [1.807, 2.05) is 19.1 Å². The molecule has 0 aliphatic heterocycles. The van der Waals surface area contributed by atoms with Crippen molar-refractivity contribution in [3.63, 3.8) is 0 Å². The molecule has 0 aromatic carbocycles. The first-order valence-corrected chi connectivity index (χ1v) is 6.76. The maximum atomic E-state index is 13.8. The average molecular weight is 244 g/mol. The summed E-state index contributed by atoms with van der Waals surface area (Å²) in [6.07, 6.45) is 7.19. The van der Waals surface area contributed by atoms with Gasteiger partial charge in [-0.25, -0.2) is 4.39 Å². The van der Waals surface area contributed by atoms with Gasteiger partial charge in [0.05, 0.1) is 18.8 Å². The monoisotopic (exact) mass is 244 g/mol. The van der Waals surface area contributed by atoms with Crippen molar-refractivity contribution < 1.29 is 13.9 Å². The molecule has 0 saturated heterocycles. The number of hydrogen-bond donors (Lipinski definition) is 0. The van der Waals surface area contributed by atoms with Gasteiger partial charge >= 0.3 is 0 Å². The van der Waals surface area contributed by atoms with Gasteiger partial charge in [-0.3, -0.25) is 0 Å². The molecule has 0 heterocycles. The summed E-state index contributed by atoms with van der Waals surface area (Å²) in [6.45, 7) is 5.35. The zero-order valence-corrected chi connectivity index (χ0v) is 11.0. The molecule has 0 aromatic heterocycles. The molecule has 3 unspecified atom stereocenters. The van der Waals surface area contributed by atoms with E-state index >= 15 is 0 Å². The van der Waals surface area contributed by atoms with Crippen molar-refractivity contribution >= 4 is 0 Å². The highest BCUT2D eigenvalue weighted by atomic mass is 19.1. The minimum atomic E-state index is -0.874. The molecule has 1 aliphatic carbocycles. The molecule has 0 amide bonds. The Hall–Kier alpha value is -0.410. The first kappa shape index (κ1) is 14.7. The summed E-state index contributed by atoms with van der Waals surface area (Å²) in [5, 5.41) is 0. The van der Waals surface area contributed by atoms with Gasteiger partial charge in [-0.1, -0.05) is 25.5 Å². The lowest BCUT2D eigenvalue weighted by atomic mass is 9.93. The van der Waals surface area contributed by atoms with Crippen LogP contribution in [0.15, 0.2) is 12.2 Å². The minimum absolute atomic E-state index is 0.0955. The number of unbranched alkanes of at least 4 members (excludes halogenated alkanes) is 1. The van der Waals surface area contributed by atoms with E-state index in [2.05, 4.69) is 6.92 Å². The van der Waals surface area contributed by atoms with E-state index in [0.29, 0.717) is 13.0 Å². The van der Waals surface area contributed by atoms with Gasteiger partial charge in [0.15, 0.2) is 0 Å². The van der Waals surface area contributed by atoms with Crippen LogP contribution in [0.5, 0.6) is 0 Å². The van der Waals surface area contributed by atoms with Crippen molar-refractivity contribution in [1.82, 2.24) is 0 Å². The van der Waals surface area contributed by atoms with Gasteiger partial charge < -0.3 is 9.47 Å². The molecule has 2 nitrogen and oxygen atoms in total. The predicted octanol–water partition coefficient (Wildman–Crippen LogP) is 3.66. The molecule has 0 N–H and O–H groups in total. The van der Waals surface area contributed by atoms with Crippen molar-refractivity contribution in [2.75, 3.05) is 13.2 Å². The summed E-state index contributed by atoms with van der Waals surface area (Å²) in [5.74, 6) is 0. The van der Waals surface area contributed by atoms with Gasteiger partial charge in [-0.15, -0.1) is 0 Å². The van der Waals surface area contributed by atoms with Gasteiger partial charge in [-0.2, -0.15) is 0 Å². The lowest BCUT2D eigenvalue weighted by molar-refractivity contribution is -0.0672. The summed E-state index contributed by atoms with van der Waals surface area (Å²) in [5.41, 5.74) is 0. The van der Waals surface area contributed by atoms with Crippen LogP contribution >= 0.6 is 0 Å². The maximum absolute atomic E-state index is 13.8. The summed E-state index contributed by atoms with van der Waals surface area (Å²) in [6, 6.07) is 0. The SMILES string of the molecule is CC=CCOC1CCC(OCCCC)CC1F. The molecule has 1 aliphatic rings. The van der Waals surface area contributed by atoms with E-state index < -0.39 is 6.17 Å². The Bertz CT molecular complexity index is 218. The Labute approximate surface area is 104 Å². The van der Waals surface area contributed by atoms with Gasteiger partial charge in [0.2, 0.25) is 0 Å². The molecule has 1 saturated carbocycles. The van der Waals surface area contributed by atoms with Gasteiger partial charge in [0.25, 0.3) is 0 Å². The summed E-state index contributed by atoms with van der Waals surface area (Å²) in [7, 11) is 0.